The van der Waals surface area contributed by atoms with Crippen LogP contribution in [-0.4, -0.2) is 102 Å². The minimum atomic E-state index is -0.558. The molecule has 60 heavy (non-hydrogen) atoms. The van der Waals surface area contributed by atoms with E-state index in [0.717, 1.165) is 33.6 Å². The Kier molecular flexibility index (Phi) is 14.9. The Labute approximate surface area is 351 Å². The standard InChI is InChI=1S/C48H48N6O6/c1-34-9-13-36(14-10-34)17-19-38-25-42(50-44(27-38)47(56)59-4)31-52-21-23-53(29-40-7-6-8-41(49-40)30-54(24-22-52)33-46(55)58-3)32-43-26-39(28-45(51-43)48(57)60-5)20-18-37-15-11-35(2)12-16-37/h6-16,25-28H,21-24,29-33H2,1-5H3. The second-order valence-corrected chi connectivity index (χ2v) is 14.6. The van der Waals surface area contributed by atoms with Crippen molar-refractivity contribution in [2.45, 2.75) is 40.0 Å². The number of esters is 3. The van der Waals surface area contributed by atoms with Gasteiger partial charge in [0.15, 0.2) is 0 Å². The van der Waals surface area contributed by atoms with Gasteiger partial charge in [0.25, 0.3) is 0 Å². The molecule has 0 radical (unpaired) electrons. The van der Waals surface area contributed by atoms with E-state index in [-0.39, 0.29) is 23.9 Å². The van der Waals surface area contributed by atoms with Crippen LogP contribution in [0.3, 0.4) is 0 Å². The van der Waals surface area contributed by atoms with Gasteiger partial charge >= 0.3 is 17.9 Å². The molecule has 3 aromatic heterocycles. The number of nitrogens with zero attached hydrogens (tertiary/aromatic N) is 6. The molecule has 6 rings (SSSR count). The van der Waals surface area contributed by atoms with Crippen LogP contribution in [-0.2, 0) is 45.2 Å². The molecule has 12 nitrogen and oxygen atoms in total. The maximum atomic E-state index is 12.8. The number of aromatic nitrogens is 3. The van der Waals surface area contributed by atoms with Gasteiger partial charge in [-0.15, -0.1) is 0 Å². The molecule has 2 bridgehead atoms. The molecule has 0 saturated carbocycles. The van der Waals surface area contributed by atoms with Crippen LogP contribution < -0.4 is 0 Å². The summed E-state index contributed by atoms with van der Waals surface area (Å²) in [4.78, 5) is 59.0. The number of methoxy groups -OCH3 is 3. The lowest BCUT2D eigenvalue weighted by Gasteiger charge is -2.31. The molecule has 4 heterocycles. The van der Waals surface area contributed by atoms with Crippen molar-refractivity contribution < 1.29 is 28.6 Å². The third kappa shape index (κ3) is 12.6. The fraction of sp³-hybridized carbons (Fsp3) is 0.292. The van der Waals surface area contributed by atoms with E-state index in [2.05, 4.69) is 33.5 Å². The first-order chi connectivity index (χ1) is 29.0. The zero-order valence-electron chi connectivity index (χ0n) is 34.7. The second-order valence-electron chi connectivity index (χ2n) is 14.6. The predicted octanol–water partition coefficient (Wildman–Crippen LogP) is 5.35. The average Bonchev–Trinajstić information content (AvgIpc) is 3.25. The molecule has 0 saturated heterocycles. The summed E-state index contributed by atoms with van der Waals surface area (Å²) in [5.41, 5.74) is 8.52. The lowest BCUT2D eigenvalue weighted by molar-refractivity contribution is -0.142. The molecule has 0 fully saturated rings. The van der Waals surface area contributed by atoms with E-state index < -0.39 is 11.9 Å². The Hall–Kier alpha value is -6.70. The normalized spacial score (nSPS) is 13.6. The van der Waals surface area contributed by atoms with Crippen molar-refractivity contribution in [2.24, 2.45) is 0 Å². The van der Waals surface area contributed by atoms with Gasteiger partial charge in [-0.2, -0.15) is 0 Å². The lowest BCUT2D eigenvalue weighted by Crippen LogP contribution is -2.41. The number of hydrogen-bond donors (Lipinski definition) is 0. The number of aryl methyl sites for hydroxylation is 2. The van der Waals surface area contributed by atoms with Gasteiger partial charge in [0.2, 0.25) is 0 Å². The molecule has 2 aromatic carbocycles. The van der Waals surface area contributed by atoms with E-state index in [4.69, 9.17) is 29.2 Å². The van der Waals surface area contributed by atoms with E-state index in [1.54, 1.807) is 12.1 Å². The quantitative estimate of drug-likeness (QED) is 0.114. The highest BCUT2D eigenvalue weighted by atomic mass is 16.5. The maximum absolute atomic E-state index is 12.8. The van der Waals surface area contributed by atoms with Crippen LogP contribution in [0.1, 0.15) is 77.1 Å². The summed E-state index contributed by atoms with van der Waals surface area (Å²) >= 11 is 0. The highest BCUT2D eigenvalue weighted by Gasteiger charge is 2.21. The molecule has 0 unspecified atom stereocenters. The first-order valence-electron chi connectivity index (χ1n) is 19.6. The molecule has 1 aliphatic rings. The summed E-state index contributed by atoms with van der Waals surface area (Å²) in [6.45, 7) is 8.00. The van der Waals surface area contributed by atoms with E-state index >= 15 is 0 Å². The van der Waals surface area contributed by atoms with Crippen molar-refractivity contribution in [1.29, 1.82) is 0 Å². The van der Waals surface area contributed by atoms with Crippen LogP contribution in [0.15, 0.2) is 91.0 Å². The number of fused-ring (bicyclic) bond motifs is 2. The molecule has 1 aliphatic heterocycles. The van der Waals surface area contributed by atoms with Crippen LogP contribution in [0, 0.1) is 37.5 Å². The Morgan fingerprint density at radius 1 is 0.533 bits per heavy atom. The summed E-state index contributed by atoms with van der Waals surface area (Å²) in [5.74, 6) is 11.4. The monoisotopic (exact) mass is 804 g/mol. The van der Waals surface area contributed by atoms with Crippen molar-refractivity contribution in [3.63, 3.8) is 0 Å². The Balaban J connectivity index is 1.33. The zero-order valence-corrected chi connectivity index (χ0v) is 34.7. The highest BCUT2D eigenvalue weighted by molar-refractivity contribution is 5.88. The van der Waals surface area contributed by atoms with Crippen LogP contribution in [0.4, 0.5) is 0 Å². The minimum absolute atomic E-state index is 0.0918. The number of pyridine rings is 3. The SMILES string of the molecule is COC(=O)CN1CCN(Cc2cc(C#Cc3ccc(C)cc3)cc(C(=O)OC)n2)CCN(Cc2cc(C#Cc3ccc(C)cc3)cc(C(=O)OC)n2)Cc2cccc(n2)C1. The number of benzene rings is 2. The second kappa shape index (κ2) is 20.8. The van der Waals surface area contributed by atoms with Gasteiger partial charge < -0.3 is 14.2 Å². The molecule has 0 amide bonds. The highest BCUT2D eigenvalue weighted by Crippen LogP contribution is 2.17. The van der Waals surface area contributed by atoms with E-state index in [1.165, 1.54) is 21.3 Å². The predicted molar refractivity (Wildman–Crippen MR) is 226 cm³/mol. The smallest absolute Gasteiger partial charge is 0.356 e. The van der Waals surface area contributed by atoms with Crippen molar-refractivity contribution in [2.75, 3.05) is 54.1 Å². The third-order valence-electron chi connectivity index (χ3n) is 9.80. The topological polar surface area (TPSA) is 127 Å². The molecule has 5 aromatic rings. The minimum Gasteiger partial charge on any atom is -0.468 e. The van der Waals surface area contributed by atoms with Gasteiger partial charge in [-0.25, -0.2) is 19.6 Å². The van der Waals surface area contributed by atoms with E-state index in [1.807, 2.05) is 97.6 Å². The number of carbonyl (C=O) groups is 3. The zero-order chi connectivity index (χ0) is 42.4. The van der Waals surface area contributed by atoms with Crippen molar-refractivity contribution in [3.8, 4) is 23.7 Å². The Bertz CT molecular complexity index is 2450. The fourth-order valence-corrected chi connectivity index (χ4v) is 6.60. The van der Waals surface area contributed by atoms with Gasteiger partial charge in [-0.05, 0) is 74.5 Å². The van der Waals surface area contributed by atoms with E-state index in [0.29, 0.717) is 74.9 Å². The summed E-state index contributed by atoms with van der Waals surface area (Å²) in [5, 5.41) is 0. The van der Waals surface area contributed by atoms with Crippen LogP contribution >= 0.6 is 0 Å². The van der Waals surface area contributed by atoms with Gasteiger partial charge in [0, 0.05) is 74.6 Å². The summed E-state index contributed by atoms with van der Waals surface area (Å²) < 4.78 is 15.2. The molecule has 0 atom stereocenters. The first-order valence-corrected chi connectivity index (χ1v) is 19.6. The van der Waals surface area contributed by atoms with Gasteiger partial charge in [-0.1, -0.05) is 65.1 Å². The van der Waals surface area contributed by atoms with Crippen LogP contribution in [0.2, 0.25) is 0 Å². The summed E-state index contributed by atoms with van der Waals surface area (Å²) in [6, 6.07) is 28.8. The molecule has 12 heteroatoms. The largest absolute Gasteiger partial charge is 0.468 e. The summed E-state index contributed by atoms with van der Waals surface area (Å²) in [7, 11) is 4.04. The molecule has 306 valence electrons. The molecular formula is C48H48N6O6. The molecular weight excluding hydrogens is 757 g/mol. The summed E-state index contributed by atoms with van der Waals surface area (Å²) in [6.07, 6.45) is 0. The number of rotatable bonds is 8. The first kappa shape index (κ1) is 42.9. The number of hydrogen-bond acceptors (Lipinski definition) is 12. The average molecular weight is 805 g/mol. The number of carbonyl (C=O) groups excluding carboxylic acids is 3. The van der Waals surface area contributed by atoms with Crippen LogP contribution in [0.25, 0.3) is 0 Å². The maximum Gasteiger partial charge on any atom is 0.356 e. The van der Waals surface area contributed by atoms with E-state index in [9.17, 15) is 14.4 Å². The van der Waals surface area contributed by atoms with Crippen molar-refractivity contribution in [1.82, 2.24) is 29.7 Å². The lowest BCUT2D eigenvalue weighted by atomic mass is 10.1. The van der Waals surface area contributed by atoms with Crippen molar-refractivity contribution >= 4 is 17.9 Å². The van der Waals surface area contributed by atoms with Gasteiger partial charge in [0.05, 0.1) is 50.6 Å². The third-order valence-corrected chi connectivity index (χ3v) is 9.80. The van der Waals surface area contributed by atoms with Crippen molar-refractivity contribution in [3.05, 3.63) is 159 Å². The molecule has 0 spiro atoms. The fourth-order valence-electron chi connectivity index (χ4n) is 6.60. The Morgan fingerprint density at radius 3 is 1.45 bits per heavy atom. The molecule has 0 N–H and O–H groups in total. The van der Waals surface area contributed by atoms with Gasteiger partial charge in [0.1, 0.15) is 11.4 Å². The van der Waals surface area contributed by atoms with Gasteiger partial charge in [-0.3, -0.25) is 24.5 Å². The van der Waals surface area contributed by atoms with Crippen LogP contribution in [0.5, 0.6) is 0 Å². The number of ether oxygens (including phenoxy) is 3. The Morgan fingerprint density at radius 2 is 0.967 bits per heavy atom. The molecule has 0 aliphatic carbocycles.